The molecule has 0 aliphatic carbocycles. The summed E-state index contributed by atoms with van der Waals surface area (Å²) in [6, 6.07) is 51.7. The molecule has 61 heavy (non-hydrogen) atoms. The van der Waals surface area contributed by atoms with E-state index < -0.39 is 69.2 Å². The standard InChI is InChI=1S/C49H30F8N2O2/c50-40-38(41(51)45(55)48(60)44(40)54)39-42(52)46(56)49(47(57)43(39)53)61-37-25-19-29(20-26-37)27-30-11-10-18-36(28-30)59(33-16-8-3-9-17-33)35-23-21-34(22-24-35)58(31-12-4-1-5-13-31)32-14-6-2-7-15-32/h1-26,28,60H,27H2. The van der Waals surface area contributed by atoms with Crippen molar-refractivity contribution in [1.82, 2.24) is 0 Å². The maximum absolute atomic E-state index is 15.1. The number of rotatable bonds is 11. The highest BCUT2D eigenvalue weighted by Gasteiger charge is 2.35. The van der Waals surface area contributed by atoms with Crippen LogP contribution in [-0.4, -0.2) is 5.11 Å². The van der Waals surface area contributed by atoms with Crippen molar-refractivity contribution >= 4 is 34.1 Å². The van der Waals surface area contributed by atoms with Gasteiger partial charge in [-0.25, -0.2) is 17.6 Å². The van der Waals surface area contributed by atoms with Crippen molar-refractivity contribution in [3.05, 3.63) is 221 Å². The molecule has 8 aromatic rings. The number of nitrogens with zero attached hydrogens (tertiary/aromatic N) is 2. The van der Waals surface area contributed by atoms with Gasteiger partial charge in [0.25, 0.3) is 0 Å². The molecule has 8 aromatic carbocycles. The van der Waals surface area contributed by atoms with Crippen LogP contribution in [0.3, 0.4) is 0 Å². The molecule has 0 bridgehead atoms. The van der Waals surface area contributed by atoms with Gasteiger partial charge < -0.3 is 19.6 Å². The Kier molecular flexibility index (Phi) is 11.2. The summed E-state index contributed by atoms with van der Waals surface area (Å²) in [6.07, 6.45) is 0.385. The first kappa shape index (κ1) is 40.2. The van der Waals surface area contributed by atoms with E-state index in [1.54, 1.807) is 12.1 Å². The number of ether oxygens (including phenoxy) is 1. The molecule has 0 saturated carbocycles. The summed E-state index contributed by atoms with van der Waals surface area (Å²) in [4.78, 5) is 4.28. The second kappa shape index (κ2) is 16.9. The minimum Gasteiger partial charge on any atom is -0.503 e. The lowest BCUT2D eigenvalue weighted by atomic mass is 10.0. The molecule has 0 aromatic heterocycles. The first-order chi connectivity index (χ1) is 29.5. The highest BCUT2D eigenvalue weighted by atomic mass is 19.2. The number of hydrogen-bond donors (Lipinski definition) is 1. The summed E-state index contributed by atoms with van der Waals surface area (Å²) < 4.78 is 122. The zero-order valence-electron chi connectivity index (χ0n) is 31.6. The largest absolute Gasteiger partial charge is 0.503 e. The van der Waals surface area contributed by atoms with E-state index in [2.05, 4.69) is 46.2 Å². The summed E-state index contributed by atoms with van der Waals surface area (Å²) >= 11 is 0. The predicted molar refractivity (Wildman–Crippen MR) is 218 cm³/mol. The number of phenols is 1. The average molecular weight is 831 g/mol. The number of benzene rings is 8. The second-order valence-corrected chi connectivity index (χ2v) is 13.7. The zero-order valence-corrected chi connectivity index (χ0v) is 31.6. The van der Waals surface area contributed by atoms with Gasteiger partial charge in [0.05, 0.1) is 11.1 Å². The molecule has 0 atom stereocenters. The van der Waals surface area contributed by atoms with Crippen LogP contribution in [0.1, 0.15) is 11.1 Å². The van der Waals surface area contributed by atoms with E-state index in [0.29, 0.717) is 6.42 Å². The van der Waals surface area contributed by atoms with Crippen molar-refractivity contribution in [2.45, 2.75) is 6.42 Å². The summed E-state index contributed by atoms with van der Waals surface area (Å²) in [5.41, 5.74) is 3.07. The second-order valence-electron chi connectivity index (χ2n) is 13.7. The first-order valence-electron chi connectivity index (χ1n) is 18.6. The van der Waals surface area contributed by atoms with E-state index in [0.717, 1.165) is 45.3 Å². The number of halogens is 8. The molecule has 0 spiro atoms. The topological polar surface area (TPSA) is 35.9 Å². The molecule has 0 amide bonds. The normalized spacial score (nSPS) is 11.1. The number of aromatic hydroxyl groups is 1. The van der Waals surface area contributed by atoms with Gasteiger partial charge in [0.15, 0.2) is 29.0 Å². The van der Waals surface area contributed by atoms with E-state index >= 15 is 17.6 Å². The molecule has 304 valence electrons. The van der Waals surface area contributed by atoms with Gasteiger partial charge in [-0.15, -0.1) is 0 Å². The van der Waals surface area contributed by atoms with Crippen molar-refractivity contribution in [3.8, 4) is 28.4 Å². The van der Waals surface area contributed by atoms with Crippen LogP contribution in [0.5, 0.6) is 17.2 Å². The number of phenolic OH excluding ortho intramolecular Hbond substituents is 1. The molecule has 1 N–H and O–H groups in total. The van der Waals surface area contributed by atoms with E-state index in [-0.39, 0.29) is 5.75 Å². The van der Waals surface area contributed by atoms with Crippen LogP contribution in [0.4, 0.5) is 69.2 Å². The Morgan fingerprint density at radius 1 is 0.361 bits per heavy atom. The average Bonchev–Trinajstić information content (AvgIpc) is 3.29. The Hall–Kier alpha value is -7.60. The molecule has 0 fully saturated rings. The smallest absolute Gasteiger partial charge is 0.205 e. The van der Waals surface area contributed by atoms with Crippen LogP contribution >= 0.6 is 0 Å². The monoisotopic (exact) mass is 830 g/mol. The van der Waals surface area contributed by atoms with Gasteiger partial charge in [0.2, 0.25) is 29.0 Å². The Bertz CT molecular complexity index is 2750. The van der Waals surface area contributed by atoms with Crippen molar-refractivity contribution in [2.24, 2.45) is 0 Å². The highest BCUT2D eigenvalue weighted by molar-refractivity contribution is 5.81. The maximum atomic E-state index is 15.1. The summed E-state index contributed by atoms with van der Waals surface area (Å²) in [7, 11) is 0. The van der Waals surface area contributed by atoms with Gasteiger partial charge in [-0.3, -0.25) is 0 Å². The molecule has 0 heterocycles. The number of para-hydroxylation sites is 3. The quantitative estimate of drug-likeness (QED) is 0.104. The van der Waals surface area contributed by atoms with Gasteiger partial charge in [-0.1, -0.05) is 78.9 Å². The lowest BCUT2D eigenvalue weighted by molar-refractivity contribution is 0.354. The van der Waals surface area contributed by atoms with Crippen molar-refractivity contribution in [3.63, 3.8) is 0 Å². The fourth-order valence-corrected chi connectivity index (χ4v) is 6.97. The molecule has 0 aliphatic heterocycles. The van der Waals surface area contributed by atoms with Gasteiger partial charge in [0, 0.05) is 34.1 Å². The van der Waals surface area contributed by atoms with Crippen LogP contribution in [0.15, 0.2) is 164 Å². The van der Waals surface area contributed by atoms with Gasteiger partial charge in [0.1, 0.15) is 5.75 Å². The van der Waals surface area contributed by atoms with Crippen molar-refractivity contribution < 1.29 is 45.0 Å². The third kappa shape index (κ3) is 7.83. The zero-order chi connectivity index (χ0) is 42.8. The predicted octanol–water partition coefficient (Wildman–Crippen LogP) is 14.5. The molecule has 12 heteroatoms. The maximum Gasteiger partial charge on any atom is 0.205 e. The van der Waals surface area contributed by atoms with Crippen LogP contribution in [-0.2, 0) is 6.42 Å². The van der Waals surface area contributed by atoms with Gasteiger partial charge >= 0.3 is 0 Å². The minimum atomic E-state index is -2.47. The molecule has 0 saturated heterocycles. The Balaban J connectivity index is 1.05. The molecule has 0 aliphatic rings. The minimum absolute atomic E-state index is 0.266. The summed E-state index contributed by atoms with van der Waals surface area (Å²) in [6.45, 7) is 0. The fraction of sp³-hybridized carbons (Fsp3) is 0.0204. The van der Waals surface area contributed by atoms with Crippen molar-refractivity contribution in [1.29, 1.82) is 0 Å². The van der Waals surface area contributed by atoms with E-state index in [9.17, 15) is 22.7 Å². The highest BCUT2D eigenvalue weighted by Crippen LogP contribution is 2.43. The first-order valence-corrected chi connectivity index (χ1v) is 18.6. The van der Waals surface area contributed by atoms with Gasteiger partial charge in [-0.05, 0) is 102 Å². The van der Waals surface area contributed by atoms with E-state index in [4.69, 9.17) is 4.74 Å². The molecule has 4 nitrogen and oxygen atoms in total. The van der Waals surface area contributed by atoms with Crippen molar-refractivity contribution in [2.75, 3.05) is 9.80 Å². The van der Waals surface area contributed by atoms with Crippen LogP contribution in [0.2, 0.25) is 0 Å². The van der Waals surface area contributed by atoms with E-state index in [1.165, 1.54) is 12.1 Å². The molecular weight excluding hydrogens is 801 g/mol. The lowest BCUT2D eigenvalue weighted by Crippen LogP contribution is -2.12. The fourth-order valence-electron chi connectivity index (χ4n) is 6.97. The Labute approximate surface area is 344 Å². The molecule has 0 radical (unpaired) electrons. The third-order valence-corrected chi connectivity index (χ3v) is 9.84. The molecule has 0 unspecified atom stereocenters. The lowest BCUT2D eigenvalue weighted by Gasteiger charge is -2.28. The van der Waals surface area contributed by atoms with Crippen LogP contribution in [0, 0.1) is 46.5 Å². The van der Waals surface area contributed by atoms with Crippen LogP contribution < -0.4 is 14.5 Å². The third-order valence-electron chi connectivity index (χ3n) is 9.84. The Morgan fingerprint density at radius 3 is 1.18 bits per heavy atom. The van der Waals surface area contributed by atoms with E-state index in [1.807, 2.05) is 103 Å². The van der Waals surface area contributed by atoms with Gasteiger partial charge in [-0.2, -0.15) is 17.6 Å². The SMILES string of the molecule is Oc1c(F)c(F)c(-c2c(F)c(F)c(Oc3ccc(Cc4cccc(N(c5ccccc5)c5ccc(N(c6ccccc6)c6ccccc6)cc5)c4)cc3)c(F)c2F)c(F)c1F. The Morgan fingerprint density at radius 2 is 0.738 bits per heavy atom. The molecular formula is C49H30F8N2O2. The number of anilines is 6. The molecule has 8 rings (SSSR count). The number of hydrogen-bond acceptors (Lipinski definition) is 4. The summed E-state index contributed by atoms with van der Waals surface area (Å²) in [5, 5.41) is 9.21. The van der Waals surface area contributed by atoms with Crippen LogP contribution in [0.25, 0.3) is 11.1 Å². The summed E-state index contributed by atoms with van der Waals surface area (Å²) in [5.74, 6) is -23.0.